The smallest absolute Gasteiger partial charge is 0.245 e. The second-order valence-electron chi connectivity index (χ2n) is 18.7. The molecule has 0 aromatic rings. The lowest BCUT2D eigenvalue weighted by molar-refractivity contribution is 0.346. The van der Waals surface area contributed by atoms with Crippen LogP contribution >= 0.6 is 0 Å². The molecule has 0 heterocycles. The van der Waals surface area contributed by atoms with E-state index in [1.54, 1.807) is 0 Å². The molecule has 0 rings (SSSR count). The summed E-state index contributed by atoms with van der Waals surface area (Å²) in [6.45, 7) is 14.2. The van der Waals surface area contributed by atoms with E-state index in [2.05, 4.69) is 41.5 Å². The summed E-state index contributed by atoms with van der Waals surface area (Å²) in [5, 5.41) is 0. The molecule has 1 nitrogen and oxygen atoms in total. The van der Waals surface area contributed by atoms with E-state index >= 15 is 4.80 Å². The topological polar surface area (TPSA) is 19.9 Å². The van der Waals surface area contributed by atoms with E-state index in [1.165, 1.54) is 270 Å². The quantitative estimate of drug-likeness (QED) is 0.0435. The first kappa shape index (κ1) is 53.2. The Kier molecular flexibility index (Phi) is 41.9. The number of hydrogen-bond donors (Lipinski definition) is 0. The lowest BCUT2D eigenvalue weighted by Gasteiger charge is -2.39. The van der Waals surface area contributed by atoms with Gasteiger partial charge in [0.05, 0.1) is 0 Å². The molecule has 0 N–H and O–H groups in total. The molecule has 0 aromatic heterocycles. The number of unbranched alkanes of at least 4 members (excludes halogenated alkanes) is 36. The molecule has 0 fully saturated rings. The van der Waals surface area contributed by atoms with Gasteiger partial charge >= 0.3 is 0 Å². The highest BCUT2D eigenvalue weighted by Gasteiger charge is 2.48. The summed E-state index contributed by atoms with van der Waals surface area (Å²) in [6, 6.07) is 0. The van der Waals surface area contributed by atoms with Gasteiger partial charge in [-0.2, -0.15) is 0 Å². The molecular formula is C51H105OSi. The molecule has 0 bridgehead atoms. The fourth-order valence-corrected chi connectivity index (χ4v) is 14.4. The SMILES string of the molecule is CCCCCCCCCCCCCCCC(C)[Si]([O])(C(C)CCCCCCCCCCCCCCC)C(C)CCCCCCCCCCCCCCC. The minimum absolute atomic E-state index is 0.434. The predicted molar refractivity (Wildman–Crippen MR) is 246 cm³/mol. The van der Waals surface area contributed by atoms with Crippen molar-refractivity contribution in [2.45, 2.75) is 328 Å². The lowest BCUT2D eigenvalue weighted by atomic mass is 10.0. The van der Waals surface area contributed by atoms with E-state index < -0.39 is 8.32 Å². The molecule has 0 saturated heterocycles. The third-order valence-electron chi connectivity index (χ3n) is 13.5. The zero-order chi connectivity index (χ0) is 38.9. The number of hydrogen-bond acceptors (Lipinski definition) is 0. The normalized spacial score (nSPS) is 14.8. The first-order valence-corrected chi connectivity index (χ1v) is 27.8. The van der Waals surface area contributed by atoms with Gasteiger partial charge in [0.2, 0.25) is 8.32 Å². The molecule has 0 spiro atoms. The van der Waals surface area contributed by atoms with Gasteiger partial charge in [0, 0.05) is 0 Å². The van der Waals surface area contributed by atoms with Crippen LogP contribution in [0.2, 0.25) is 16.6 Å². The Labute approximate surface area is 339 Å². The monoisotopic (exact) mass is 762 g/mol. The first-order chi connectivity index (χ1) is 25.9. The summed E-state index contributed by atoms with van der Waals surface area (Å²) in [5.74, 6) is 0. The summed E-state index contributed by atoms with van der Waals surface area (Å²) in [4.78, 5) is 15.2. The Morgan fingerprint density at radius 2 is 0.377 bits per heavy atom. The fraction of sp³-hybridized carbons (Fsp3) is 1.00. The van der Waals surface area contributed by atoms with Crippen molar-refractivity contribution < 1.29 is 4.80 Å². The summed E-state index contributed by atoms with van der Waals surface area (Å²) >= 11 is 0. The molecule has 3 atom stereocenters. The zero-order valence-electron chi connectivity index (χ0n) is 38.3. The molecule has 0 aliphatic heterocycles. The largest absolute Gasteiger partial charge is 0.296 e. The second kappa shape index (κ2) is 41.8. The fourth-order valence-electron chi connectivity index (χ4n) is 9.54. The summed E-state index contributed by atoms with van der Waals surface area (Å²) in [6.07, 6.45) is 58.6. The summed E-state index contributed by atoms with van der Waals surface area (Å²) in [5.41, 5.74) is 1.30. The van der Waals surface area contributed by atoms with Gasteiger partial charge in [-0.3, -0.25) is 4.80 Å². The Morgan fingerprint density at radius 3 is 0.528 bits per heavy atom. The minimum atomic E-state index is -2.62. The predicted octanol–water partition coefficient (Wildman–Crippen LogP) is 20.0. The molecule has 0 amide bonds. The average Bonchev–Trinajstić information content (AvgIpc) is 3.16. The molecule has 319 valence electrons. The van der Waals surface area contributed by atoms with Gasteiger partial charge in [0.15, 0.2) is 0 Å². The van der Waals surface area contributed by atoms with Crippen LogP contribution in [-0.2, 0) is 4.80 Å². The standard InChI is InChI=1S/C51H105OSi/c1-7-10-13-16-19-22-25-28-31-34-37-40-43-46-49(4)53(52,50(5)47-44-41-38-35-32-29-26-23-20-17-14-11-8-2)51(6)48-45-42-39-36-33-30-27-24-21-18-15-12-9-3/h49-51H,7-48H2,1-6H3. The van der Waals surface area contributed by atoms with Gasteiger partial charge < -0.3 is 0 Å². The van der Waals surface area contributed by atoms with E-state index in [1.807, 2.05) is 0 Å². The molecule has 0 aliphatic rings. The highest BCUT2D eigenvalue weighted by molar-refractivity contribution is 6.76. The third kappa shape index (κ3) is 32.9. The van der Waals surface area contributed by atoms with E-state index in [0.29, 0.717) is 16.6 Å². The molecule has 1 radical (unpaired) electrons. The van der Waals surface area contributed by atoms with Gasteiger partial charge in [-0.1, -0.05) is 311 Å². The van der Waals surface area contributed by atoms with Crippen molar-refractivity contribution in [1.29, 1.82) is 0 Å². The van der Waals surface area contributed by atoms with E-state index in [4.69, 9.17) is 0 Å². The van der Waals surface area contributed by atoms with Crippen molar-refractivity contribution in [1.82, 2.24) is 0 Å². The van der Waals surface area contributed by atoms with Crippen molar-refractivity contribution in [3.8, 4) is 0 Å². The number of rotatable bonds is 45. The van der Waals surface area contributed by atoms with Gasteiger partial charge in [0.25, 0.3) is 0 Å². The van der Waals surface area contributed by atoms with Gasteiger partial charge in [-0.25, -0.2) is 0 Å². The Morgan fingerprint density at radius 1 is 0.245 bits per heavy atom. The molecule has 3 unspecified atom stereocenters. The van der Waals surface area contributed by atoms with Crippen LogP contribution < -0.4 is 0 Å². The van der Waals surface area contributed by atoms with Crippen LogP contribution in [0, 0.1) is 0 Å². The van der Waals surface area contributed by atoms with Crippen LogP contribution in [-0.4, -0.2) is 8.32 Å². The van der Waals surface area contributed by atoms with Crippen molar-refractivity contribution in [3.63, 3.8) is 0 Å². The maximum atomic E-state index is 15.2. The van der Waals surface area contributed by atoms with Crippen LogP contribution in [0.15, 0.2) is 0 Å². The highest BCUT2D eigenvalue weighted by Crippen LogP contribution is 2.47. The van der Waals surface area contributed by atoms with E-state index in [0.717, 1.165) is 0 Å². The molecular weight excluding hydrogens is 657 g/mol. The Hall–Kier alpha value is 0.177. The molecule has 0 aliphatic carbocycles. The van der Waals surface area contributed by atoms with Crippen LogP contribution in [0.3, 0.4) is 0 Å². The minimum Gasteiger partial charge on any atom is -0.296 e. The average molecular weight is 762 g/mol. The first-order valence-electron chi connectivity index (χ1n) is 25.6. The Balaban J connectivity index is 4.50. The van der Waals surface area contributed by atoms with Crippen LogP contribution in [0.5, 0.6) is 0 Å². The Bertz CT molecular complexity index is 589. The highest BCUT2D eigenvalue weighted by atomic mass is 28.4. The van der Waals surface area contributed by atoms with Crippen molar-refractivity contribution >= 4 is 8.32 Å². The van der Waals surface area contributed by atoms with Crippen LogP contribution in [0.4, 0.5) is 0 Å². The second-order valence-corrected chi connectivity index (χ2v) is 23.3. The maximum Gasteiger partial charge on any atom is 0.245 e. The van der Waals surface area contributed by atoms with Gasteiger partial charge in [0.1, 0.15) is 0 Å². The lowest BCUT2D eigenvalue weighted by Crippen LogP contribution is -2.46. The van der Waals surface area contributed by atoms with E-state index in [-0.39, 0.29) is 0 Å². The summed E-state index contributed by atoms with van der Waals surface area (Å²) < 4.78 is 0. The van der Waals surface area contributed by atoms with Crippen molar-refractivity contribution in [2.75, 3.05) is 0 Å². The maximum absolute atomic E-state index is 15.2. The molecule has 0 aromatic carbocycles. The van der Waals surface area contributed by atoms with Crippen molar-refractivity contribution in [2.24, 2.45) is 0 Å². The molecule has 0 saturated carbocycles. The van der Waals surface area contributed by atoms with Crippen molar-refractivity contribution in [3.05, 3.63) is 0 Å². The zero-order valence-corrected chi connectivity index (χ0v) is 39.3. The molecule has 53 heavy (non-hydrogen) atoms. The van der Waals surface area contributed by atoms with Crippen LogP contribution in [0.25, 0.3) is 0 Å². The van der Waals surface area contributed by atoms with Crippen LogP contribution in [0.1, 0.15) is 311 Å². The molecule has 2 heteroatoms. The van der Waals surface area contributed by atoms with Gasteiger partial charge in [-0.15, -0.1) is 0 Å². The van der Waals surface area contributed by atoms with E-state index in [9.17, 15) is 0 Å². The van der Waals surface area contributed by atoms with Gasteiger partial charge in [-0.05, 0) is 16.6 Å². The summed E-state index contributed by atoms with van der Waals surface area (Å²) in [7, 11) is -2.62. The third-order valence-corrected chi connectivity index (χ3v) is 19.0.